The number of halogens is 1. The van der Waals surface area contributed by atoms with E-state index in [2.05, 4.69) is 39.5 Å². The first-order valence-corrected chi connectivity index (χ1v) is 12.4. The molecule has 178 valence electrons. The summed E-state index contributed by atoms with van der Waals surface area (Å²) in [6.07, 6.45) is 10.1. The number of fused-ring (bicyclic) bond motifs is 1. The van der Waals surface area contributed by atoms with E-state index in [4.69, 9.17) is 9.72 Å². The molecule has 6 nitrogen and oxygen atoms in total. The topological polar surface area (TPSA) is 67.3 Å². The number of pyridine rings is 2. The minimum atomic E-state index is -0.0210. The molecule has 1 N–H and O–H groups in total. The summed E-state index contributed by atoms with van der Waals surface area (Å²) in [6.45, 7) is 12.6. The predicted octanol–water partition coefficient (Wildman–Crippen LogP) is 6.27. The Labute approximate surface area is 215 Å². The highest BCUT2D eigenvalue weighted by Crippen LogP contribution is 2.33. The lowest BCUT2D eigenvalue weighted by Gasteiger charge is -2.19. The number of allylic oxidation sites excluding steroid dienone is 1. The van der Waals surface area contributed by atoms with Crippen molar-refractivity contribution in [3.63, 3.8) is 0 Å². The minimum Gasteiger partial charge on any atom is -0.487 e. The fourth-order valence-electron chi connectivity index (χ4n) is 3.57. The molecule has 34 heavy (non-hydrogen) atoms. The summed E-state index contributed by atoms with van der Waals surface area (Å²) in [5, 5.41) is 4.00. The largest absolute Gasteiger partial charge is 0.487 e. The standard InChI is InChI=1S/C27H31IN4O2/c1-6-12-32(8-3)24-13-19(5)31-26-21(24)10-9-11-25(26)34-17-22-20(14-29-16-23(22)28)15-30-27(33)18(4)7-2/h6,8-14,16,18H,3,7,15,17H2,1-2,4-5H3,(H,30,33)/b12-6-. The third kappa shape index (κ3) is 5.94. The van der Waals surface area contributed by atoms with Crippen molar-refractivity contribution in [2.75, 3.05) is 4.90 Å². The van der Waals surface area contributed by atoms with E-state index in [0.29, 0.717) is 18.9 Å². The number of carbonyl (C=O) groups is 1. The molecule has 2 heterocycles. The summed E-state index contributed by atoms with van der Waals surface area (Å²) in [5.74, 6) is 0.726. The number of hydrogen-bond acceptors (Lipinski definition) is 5. The predicted molar refractivity (Wildman–Crippen MR) is 147 cm³/mol. The van der Waals surface area contributed by atoms with Crippen LogP contribution in [0.15, 0.2) is 61.7 Å². The molecule has 1 amide bonds. The quantitative estimate of drug-likeness (QED) is 0.291. The third-order valence-corrected chi connectivity index (χ3v) is 6.60. The smallest absolute Gasteiger partial charge is 0.223 e. The lowest BCUT2D eigenvalue weighted by Crippen LogP contribution is -2.29. The van der Waals surface area contributed by atoms with Gasteiger partial charge in [-0.1, -0.05) is 38.6 Å². The summed E-state index contributed by atoms with van der Waals surface area (Å²) in [5.41, 5.74) is 4.63. The van der Waals surface area contributed by atoms with Crippen molar-refractivity contribution >= 4 is 45.1 Å². The molecule has 0 saturated carbocycles. The number of aromatic nitrogens is 2. The van der Waals surface area contributed by atoms with Crippen LogP contribution >= 0.6 is 22.6 Å². The molecule has 1 aromatic carbocycles. The van der Waals surface area contributed by atoms with E-state index in [-0.39, 0.29) is 11.8 Å². The van der Waals surface area contributed by atoms with Gasteiger partial charge in [-0.3, -0.25) is 9.78 Å². The lowest BCUT2D eigenvalue weighted by molar-refractivity contribution is -0.124. The van der Waals surface area contributed by atoms with E-state index >= 15 is 0 Å². The number of amides is 1. The Morgan fingerprint density at radius 1 is 1.35 bits per heavy atom. The first kappa shape index (κ1) is 25.7. The van der Waals surface area contributed by atoms with Crippen LogP contribution in [0.3, 0.4) is 0 Å². The highest BCUT2D eigenvalue weighted by Gasteiger charge is 2.15. The normalized spacial score (nSPS) is 12.0. The van der Waals surface area contributed by atoms with Gasteiger partial charge in [-0.05, 0) is 60.6 Å². The van der Waals surface area contributed by atoms with E-state index in [0.717, 1.165) is 43.4 Å². The second-order valence-corrected chi connectivity index (χ2v) is 9.24. The van der Waals surface area contributed by atoms with Crippen LogP contribution in [0, 0.1) is 16.4 Å². The van der Waals surface area contributed by atoms with Gasteiger partial charge in [0.1, 0.15) is 17.9 Å². The number of para-hydroxylation sites is 1. The van der Waals surface area contributed by atoms with Gasteiger partial charge in [-0.2, -0.15) is 0 Å². The average molecular weight is 570 g/mol. The van der Waals surface area contributed by atoms with Gasteiger partial charge in [0, 0.05) is 57.5 Å². The van der Waals surface area contributed by atoms with Crippen LogP contribution in [0.5, 0.6) is 5.75 Å². The molecule has 0 aliphatic carbocycles. The molecule has 2 aromatic heterocycles. The Morgan fingerprint density at radius 3 is 2.85 bits per heavy atom. The molecule has 3 aromatic rings. The van der Waals surface area contributed by atoms with E-state index in [9.17, 15) is 4.79 Å². The summed E-state index contributed by atoms with van der Waals surface area (Å²) in [6, 6.07) is 7.98. The van der Waals surface area contributed by atoms with Gasteiger partial charge >= 0.3 is 0 Å². The molecular weight excluding hydrogens is 539 g/mol. The highest BCUT2D eigenvalue weighted by molar-refractivity contribution is 14.1. The summed E-state index contributed by atoms with van der Waals surface area (Å²) in [4.78, 5) is 23.3. The Hall–Kier alpha value is -2.94. The maximum absolute atomic E-state index is 12.3. The zero-order chi connectivity index (χ0) is 24.7. The zero-order valence-electron chi connectivity index (χ0n) is 20.1. The second-order valence-electron chi connectivity index (χ2n) is 8.08. The molecule has 0 radical (unpaired) electrons. The number of benzene rings is 1. The van der Waals surface area contributed by atoms with Gasteiger partial charge in [0.25, 0.3) is 0 Å². The summed E-state index contributed by atoms with van der Waals surface area (Å²) < 4.78 is 7.31. The molecular formula is C27H31IN4O2. The molecule has 3 rings (SSSR count). The molecule has 1 atom stereocenters. The van der Waals surface area contributed by atoms with E-state index in [1.54, 1.807) is 12.4 Å². The van der Waals surface area contributed by atoms with E-state index in [1.165, 1.54) is 0 Å². The van der Waals surface area contributed by atoms with Gasteiger partial charge in [0.15, 0.2) is 0 Å². The average Bonchev–Trinajstić information content (AvgIpc) is 2.84. The number of anilines is 1. The van der Waals surface area contributed by atoms with Crippen molar-refractivity contribution in [3.05, 3.63) is 82.1 Å². The van der Waals surface area contributed by atoms with Gasteiger partial charge in [0.05, 0.1) is 5.69 Å². The number of nitrogens with one attached hydrogen (secondary N) is 1. The van der Waals surface area contributed by atoms with Crippen molar-refractivity contribution in [2.45, 2.75) is 47.3 Å². The number of hydrogen-bond donors (Lipinski definition) is 1. The number of nitrogens with zero attached hydrogens (tertiary/aromatic N) is 3. The van der Waals surface area contributed by atoms with Gasteiger partial charge in [-0.15, -0.1) is 0 Å². The van der Waals surface area contributed by atoms with Crippen LogP contribution in [0.4, 0.5) is 5.69 Å². The molecule has 0 bridgehead atoms. The molecule has 1 unspecified atom stereocenters. The first-order chi connectivity index (χ1) is 16.4. The van der Waals surface area contributed by atoms with E-state index in [1.807, 2.05) is 75.3 Å². The minimum absolute atomic E-state index is 0.0210. The SMILES string of the molecule is C=CN(/C=C\C)c1cc(C)nc2c(OCc3c(I)cncc3CNC(=O)C(C)CC)cccc12. The molecule has 7 heteroatoms. The molecule has 0 fully saturated rings. The monoisotopic (exact) mass is 570 g/mol. The Morgan fingerprint density at radius 2 is 2.15 bits per heavy atom. The first-order valence-electron chi connectivity index (χ1n) is 11.3. The highest BCUT2D eigenvalue weighted by atomic mass is 127. The van der Waals surface area contributed by atoms with Crippen molar-refractivity contribution in [2.24, 2.45) is 5.92 Å². The third-order valence-electron chi connectivity index (χ3n) is 5.67. The Balaban J connectivity index is 1.91. The van der Waals surface area contributed by atoms with Crippen LogP contribution < -0.4 is 15.0 Å². The van der Waals surface area contributed by atoms with Crippen LogP contribution in [0.2, 0.25) is 0 Å². The van der Waals surface area contributed by atoms with Gasteiger partial charge < -0.3 is 15.0 Å². The van der Waals surface area contributed by atoms with Crippen molar-refractivity contribution in [3.8, 4) is 5.75 Å². The molecule has 0 aliphatic rings. The molecule has 0 aliphatic heterocycles. The van der Waals surface area contributed by atoms with Crippen LogP contribution in [0.25, 0.3) is 10.9 Å². The zero-order valence-corrected chi connectivity index (χ0v) is 22.3. The van der Waals surface area contributed by atoms with Gasteiger partial charge in [-0.25, -0.2) is 4.98 Å². The second kappa shape index (κ2) is 12.0. The fraction of sp³-hybridized carbons (Fsp3) is 0.296. The summed E-state index contributed by atoms with van der Waals surface area (Å²) in [7, 11) is 0. The van der Waals surface area contributed by atoms with Crippen LogP contribution in [0.1, 0.15) is 44.0 Å². The summed E-state index contributed by atoms with van der Waals surface area (Å²) >= 11 is 2.26. The van der Waals surface area contributed by atoms with Crippen LogP contribution in [-0.4, -0.2) is 15.9 Å². The fourth-order valence-corrected chi connectivity index (χ4v) is 4.23. The van der Waals surface area contributed by atoms with Crippen molar-refractivity contribution < 1.29 is 9.53 Å². The van der Waals surface area contributed by atoms with Crippen LogP contribution in [-0.2, 0) is 17.9 Å². The number of ether oxygens (including phenoxy) is 1. The molecule has 0 saturated heterocycles. The maximum atomic E-state index is 12.3. The molecule has 0 spiro atoms. The van der Waals surface area contributed by atoms with Crippen molar-refractivity contribution in [1.82, 2.24) is 15.3 Å². The number of carbonyl (C=O) groups excluding carboxylic acids is 1. The maximum Gasteiger partial charge on any atom is 0.223 e. The number of aryl methyl sites for hydroxylation is 1. The van der Waals surface area contributed by atoms with E-state index < -0.39 is 0 Å². The lowest BCUT2D eigenvalue weighted by atomic mass is 10.1. The van der Waals surface area contributed by atoms with Crippen molar-refractivity contribution in [1.29, 1.82) is 0 Å². The Kier molecular flexibility index (Phi) is 9.04. The van der Waals surface area contributed by atoms with Gasteiger partial charge in [0.2, 0.25) is 5.91 Å². The number of rotatable bonds is 10. The Bertz CT molecular complexity index is 1210.